The van der Waals surface area contributed by atoms with E-state index in [1.165, 1.54) is 6.92 Å². The van der Waals surface area contributed by atoms with E-state index in [4.69, 9.17) is 37.4 Å². The summed E-state index contributed by atoms with van der Waals surface area (Å²) in [6, 6.07) is 5.23. The van der Waals surface area contributed by atoms with Crippen LogP contribution in [0.2, 0.25) is 0 Å². The molecular weight excluding hydrogens is 435 g/mol. The van der Waals surface area contributed by atoms with Gasteiger partial charge in [0.25, 0.3) is 0 Å². The van der Waals surface area contributed by atoms with Crippen LogP contribution in [-0.4, -0.2) is 62.5 Å². The van der Waals surface area contributed by atoms with Crippen molar-refractivity contribution >= 4 is 52.4 Å². The predicted molar refractivity (Wildman–Crippen MR) is 117 cm³/mol. The zero-order valence-corrected chi connectivity index (χ0v) is 18.8. The van der Waals surface area contributed by atoms with Crippen molar-refractivity contribution < 1.29 is 28.6 Å². The fraction of sp³-hybridized carbons (Fsp3) is 0.550. The summed E-state index contributed by atoms with van der Waals surface area (Å²) in [4.78, 5) is 36.5. The van der Waals surface area contributed by atoms with Gasteiger partial charge in [-0.25, -0.2) is 0 Å². The summed E-state index contributed by atoms with van der Waals surface area (Å²) < 4.78 is 16.1. The Balaban J connectivity index is 2.99. The highest BCUT2D eigenvalue weighted by Gasteiger charge is 2.16. The number of anilines is 2. The molecule has 1 aromatic rings. The number of nitrogens with one attached hydrogen (secondary N) is 1. The molecule has 0 saturated carbocycles. The van der Waals surface area contributed by atoms with Crippen LogP contribution < -0.4 is 15.0 Å². The first-order chi connectivity index (χ1) is 14.4. The molecule has 1 aromatic carbocycles. The van der Waals surface area contributed by atoms with E-state index in [2.05, 4.69) is 5.32 Å². The normalized spacial score (nSPS) is 10.3. The van der Waals surface area contributed by atoms with Gasteiger partial charge in [0.05, 0.1) is 38.2 Å². The molecule has 0 aliphatic carbocycles. The van der Waals surface area contributed by atoms with Crippen LogP contribution in [0.25, 0.3) is 0 Å². The van der Waals surface area contributed by atoms with E-state index < -0.39 is 11.9 Å². The number of nitrogens with zero attached hydrogens (tertiary/aromatic N) is 1. The van der Waals surface area contributed by atoms with Gasteiger partial charge in [-0.15, -0.1) is 23.2 Å². The van der Waals surface area contributed by atoms with Gasteiger partial charge in [0.1, 0.15) is 19.0 Å². The third-order valence-electron chi connectivity index (χ3n) is 3.77. The molecule has 0 heterocycles. The summed E-state index contributed by atoms with van der Waals surface area (Å²) >= 11 is 11.1. The number of halogens is 2. The van der Waals surface area contributed by atoms with Gasteiger partial charge in [0.2, 0.25) is 5.91 Å². The Hall–Kier alpha value is -2.19. The number of amides is 1. The molecule has 168 valence electrons. The van der Waals surface area contributed by atoms with Crippen LogP contribution in [0.4, 0.5) is 11.4 Å². The predicted octanol–water partition coefficient (Wildman–Crippen LogP) is 3.19. The summed E-state index contributed by atoms with van der Waals surface area (Å²) in [7, 11) is 0. The molecule has 0 aromatic heterocycles. The van der Waals surface area contributed by atoms with Crippen molar-refractivity contribution in [2.45, 2.75) is 26.7 Å². The Kier molecular flexibility index (Phi) is 12.7. The van der Waals surface area contributed by atoms with Gasteiger partial charge in [-0.05, 0) is 25.1 Å². The second kappa shape index (κ2) is 14.7. The Morgan fingerprint density at radius 2 is 1.57 bits per heavy atom. The fourth-order valence-corrected chi connectivity index (χ4v) is 2.82. The van der Waals surface area contributed by atoms with E-state index in [0.717, 1.165) is 0 Å². The minimum atomic E-state index is -0.393. The molecule has 0 unspecified atom stereocenters. The number of esters is 2. The number of carbonyl (C=O) groups is 3. The lowest BCUT2D eigenvalue weighted by molar-refractivity contribution is -0.143. The van der Waals surface area contributed by atoms with Crippen LogP contribution in [0.3, 0.4) is 0 Å². The number of alkyl halides is 2. The highest BCUT2D eigenvalue weighted by molar-refractivity contribution is 6.19. The largest absolute Gasteiger partial charge is 0.492 e. The van der Waals surface area contributed by atoms with Gasteiger partial charge < -0.3 is 24.4 Å². The Morgan fingerprint density at radius 3 is 2.03 bits per heavy atom. The summed E-state index contributed by atoms with van der Waals surface area (Å²) in [5.41, 5.74) is 1.26. The Morgan fingerprint density at radius 1 is 1.00 bits per heavy atom. The minimum Gasteiger partial charge on any atom is -0.492 e. The monoisotopic (exact) mass is 462 g/mol. The molecule has 1 rings (SSSR count). The molecule has 0 fully saturated rings. The van der Waals surface area contributed by atoms with Gasteiger partial charge in [0, 0.05) is 24.4 Å². The van der Waals surface area contributed by atoms with Crippen molar-refractivity contribution in [2.75, 3.05) is 54.9 Å². The van der Waals surface area contributed by atoms with E-state index in [-0.39, 0.29) is 43.7 Å². The molecule has 0 radical (unpaired) electrons. The number of carbonyl (C=O) groups excluding carboxylic acids is 3. The Labute approximate surface area is 186 Å². The summed E-state index contributed by atoms with van der Waals surface area (Å²) in [6.07, 6.45) is 0.250. The zero-order chi connectivity index (χ0) is 22.4. The molecule has 0 bridgehead atoms. The first kappa shape index (κ1) is 25.8. The summed E-state index contributed by atoms with van der Waals surface area (Å²) in [5, 5.41) is 2.73. The third-order valence-corrected chi connectivity index (χ3v) is 4.14. The second-order valence-corrected chi connectivity index (χ2v) is 6.86. The number of hydrogen-bond acceptors (Lipinski definition) is 7. The first-order valence-electron chi connectivity index (χ1n) is 9.63. The van der Waals surface area contributed by atoms with Crippen LogP contribution in [0.5, 0.6) is 5.75 Å². The van der Waals surface area contributed by atoms with Gasteiger partial charge in [-0.2, -0.15) is 0 Å². The number of benzene rings is 1. The van der Waals surface area contributed by atoms with Crippen molar-refractivity contribution in [3.63, 3.8) is 0 Å². The van der Waals surface area contributed by atoms with Gasteiger partial charge >= 0.3 is 11.9 Å². The molecule has 8 nitrogen and oxygen atoms in total. The van der Waals surface area contributed by atoms with E-state index in [9.17, 15) is 14.4 Å². The van der Waals surface area contributed by atoms with Crippen LogP contribution >= 0.6 is 23.2 Å². The maximum atomic E-state index is 11.6. The molecule has 0 aliphatic heterocycles. The SMILES string of the molecule is CCOc1ccc(NC(C)=O)cc1N(CCOC(=O)CCCl)CCOC(=O)CCCl. The Bertz CT molecular complexity index is 678. The average Bonchev–Trinajstić information content (AvgIpc) is 2.68. The molecule has 1 amide bonds. The maximum absolute atomic E-state index is 11.6. The summed E-state index contributed by atoms with van der Waals surface area (Å²) in [5.74, 6) is -0.0305. The average molecular weight is 463 g/mol. The van der Waals surface area contributed by atoms with Crippen molar-refractivity contribution in [3.8, 4) is 5.75 Å². The molecule has 30 heavy (non-hydrogen) atoms. The van der Waals surface area contributed by atoms with Crippen LogP contribution in [0.1, 0.15) is 26.7 Å². The van der Waals surface area contributed by atoms with Gasteiger partial charge in [-0.3, -0.25) is 14.4 Å². The van der Waals surface area contributed by atoms with E-state index in [1.54, 1.807) is 18.2 Å². The van der Waals surface area contributed by atoms with E-state index in [0.29, 0.717) is 36.8 Å². The van der Waals surface area contributed by atoms with Gasteiger partial charge in [-0.1, -0.05) is 0 Å². The van der Waals surface area contributed by atoms with Crippen molar-refractivity contribution in [1.82, 2.24) is 0 Å². The lowest BCUT2D eigenvalue weighted by Crippen LogP contribution is -2.32. The number of rotatable bonds is 14. The van der Waals surface area contributed by atoms with Crippen molar-refractivity contribution in [1.29, 1.82) is 0 Å². The van der Waals surface area contributed by atoms with Crippen molar-refractivity contribution in [3.05, 3.63) is 18.2 Å². The standard InChI is InChI=1S/C20H28Cl2N2O6/c1-3-28-18-5-4-16(23-15(2)25)14-17(18)24(10-12-29-19(26)6-8-21)11-13-30-20(27)7-9-22/h4-5,14H,3,6-13H2,1-2H3,(H,23,25). The molecule has 10 heteroatoms. The quantitative estimate of drug-likeness (QED) is 0.335. The van der Waals surface area contributed by atoms with Crippen LogP contribution in [0, 0.1) is 0 Å². The molecular formula is C20H28Cl2N2O6. The molecule has 0 spiro atoms. The molecule has 0 atom stereocenters. The lowest BCUT2D eigenvalue weighted by atomic mass is 10.2. The highest BCUT2D eigenvalue weighted by atomic mass is 35.5. The topological polar surface area (TPSA) is 94.2 Å². The van der Waals surface area contributed by atoms with E-state index in [1.807, 2.05) is 11.8 Å². The lowest BCUT2D eigenvalue weighted by Gasteiger charge is -2.27. The molecule has 0 saturated heterocycles. The second-order valence-electron chi connectivity index (χ2n) is 6.10. The number of ether oxygens (including phenoxy) is 3. The van der Waals surface area contributed by atoms with Crippen LogP contribution in [0.15, 0.2) is 18.2 Å². The smallest absolute Gasteiger partial charge is 0.307 e. The fourth-order valence-electron chi connectivity index (χ4n) is 2.51. The maximum Gasteiger partial charge on any atom is 0.307 e. The molecule has 1 N–H and O–H groups in total. The van der Waals surface area contributed by atoms with Gasteiger partial charge in [0.15, 0.2) is 0 Å². The van der Waals surface area contributed by atoms with E-state index >= 15 is 0 Å². The summed E-state index contributed by atoms with van der Waals surface area (Å²) in [6.45, 7) is 4.59. The minimum absolute atomic E-state index is 0.112. The third kappa shape index (κ3) is 10.0. The van der Waals surface area contributed by atoms with Crippen molar-refractivity contribution in [2.24, 2.45) is 0 Å². The highest BCUT2D eigenvalue weighted by Crippen LogP contribution is 2.31. The number of hydrogen-bond donors (Lipinski definition) is 1. The zero-order valence-electron chi connectivity index (χ0n) is 17.2. The van der Waals surface area contributed by atoms with Crippen LogP contribution in [-0.2, 0) is 23.9 Å². The molecule has 0 aliphatic rings. The first-order valence-corrected chi connectivity index (χ1v) is 10.7.